The van der Waals surface area contributed by atoms with Gasteiger partial charge in [0.05, 0.1) is 28.7 Å². The molecule has 12 heteroatoms. The van der Waals surface area contributed by atoms with Crippen LogP contribution in [0.4, 0.5) is 4.39 Å². The van der Waals surface area contributed by atoms with E-state index in [9.17, 15) is 24.2 Å². The monoisotopic (exact) mass is 547 g/mol. The number of amides is 2. The van der Waals surface area contributed by atoms with Crippen LogP contribution in [0.3, 0.4) is 0 Å². The predicted octanol–water partition coefficient (Wildman–Crippen LogP) is 2.61. The van der Waals surface area contributed by atoms with Crippen LogP contribution in [0.1, 0.15) is 47.8 Å². The summed E-state index contributed by atoms with van der Waals surface area (Å²) in [6.07, 6.45) is 4.31. The molecule has 40 heavy (non-hydrogen) atoms. The molecule has 0 unspecified atom stereocenters. The van der Waals surface area contributed by atoms with Crippen molar-refractivity contribution in [1.29, 1.82) is 0 Å². The van der Waals surface area contributed by atoms with Crippen LogP contribution in [0, 0.1) is 19.7 Å². The molecule has 1 heterocycles. The fraction of sp³-hybridized carbons (Fsp3) is 0.286. The number of aryl methyl sites for hydroxylation is 2. The molecule has 0 saturated heterocycles. The molecule has 0 saturated carbocycles. The molecular weight excluding hydrogens is 516 g/mol. The quantitative estimate of drug-likeness (QED) is 0.165. The third kappa shape index (κ3) is 8.11. The number of hydrogen-bond acceptors (Lipinski definition) is 8. The molecule has 6 N–H and O–H groups in total. The van der Waals surface area contributed by atoms with Crippen LogP contribution >= 0.6 is 0 Å². The molecule has 0 aliphatic heterocycles. The van der Waals surface area contributed by atoms with Crippen molar-refractivity contribution in [3.63, 3.8) is 0 Å². The standard InChI is InChI=1S/C28H31BFN5O5/c1-15-8-17(10-24(36)34-18(13-31)14-33-27(3,4)5)9-16(2)25(15)40-23-6-7-32-22-12-21(30)19(11-20(22)23)26(37)35-28(29,38)39/h6-9,11-14,38-39H,10,31H2,1-5H3,(H,34,36)(H,35,37)/b18-13+,33-14?. The summed E-state index contributed by atoms with van der Waals surface area (Å²) in [6.45, 7) is 9.41. The number of nitrogens with two attached hydrogens (primary N) is 1. The van der Waals surface area contributed by atoms with Gasteiger partial charge in [0.15, 0.2) is 13.7 Å². The molecule has 0 bridgehead atoms. The van der Waals surface area contributed by atoms with Crippen molar-refractivity contribution in [3.05, 3.63) is 76.5 Å². The summed E-state index contributed by atoms with van der Waals surface area (Å²) in [5.41, 5.74) is 7.61. The summed E-state index contributed by atoms with van der Waals surface area (Å²) in [5.74, 6) is -4.61. The number of ether oxygens (including phenoxy) is 1. The summed E-state index contributed by atoms with van der Waals surface area (Å²) in [7, 11) is 4.98. The lowest BCUT2D eigenvalue weighted by Crippen LogP contribution is -2.49. The smallest absolute Gasteiger partial charge is 0.257 e. The lowest BCUT2D eigenvalue weighted by Gasteiger charge is -2.19. The first-order valence-corrected chi connectivity index (χ1v) is 12.3. The van der Waals surface area contributed by atoms with Crippen molar-refractivity contribution in [2.75, 3.05) is 0 Å². The van der Waals surface area contributed by atoms with E-state index in [-0.39, 0.29) is 29.1 Å². The number of halogens is 1. The summed E-state index contributed by atoms with van der Waals surface area (Å²) in [4.78, 5) is 33.4. The molecule has 0 fully saturated rings. The highest BCUT2D eigenvalue weighted by atomic mass is 19.1. The largest absolute Gasteiger partial charge is 0.456 e. The molecule has 2 amide bonds. The number of benzene rings is 2. The number of carbonyl (C=O) groups excluding carboxylic acids is 2. The number of fused-ring (bicyclic) bond motifs is 1. The van der Waals surface area contributed by atoms with E-state index in [0.29, 0.717) is 16.8 Å². The SMILES string of the molecule is [B]C(O)(O)NC(=O)c1cc2c(Oc3c(C)cc(CC(=O)N/C(C=NC(C)(C)C)=C/N)cc3C)ccnc2cc1F. The van der Waals surface area contributed by atoms with E-state index >= 15 is 0 Å². The number of hydrogen-bond donors (Lipinski definition) is 5. The number of allylic oxidation sites excluding steroid dienone is 1. The summed E-state index contributed by atoms with van der Waals surface area (Å²) < 4.78 is 20.8. The van der Waals surface area contributed by atoms with E-state index in [1.54, 1.807) is 11.4 Å². The third-order valence-electron chi connectivity index (χ3n) is 5.48. The van der Waals surface area contributed by atoms with Gasteiger partial charge in [-0.15, -0.1) is 0 Å². The van der Waals surface area contributed by atoms with Gasteiger partial charge in [-0.2, -0.15) is 0 Å². The second-order valence-corrected chi connectivity index (χ2v) is 10.3. The lowest BCUT2D eigenvalue weighted by atomic mass is 10.0. The Kier molecular flexibility index (Phi) is 8.96. The Hall–Kier alpha value is -4.29. The van der Waals surface area contributed by atoms with Gasteiger partial charge in [-0.25, -0.2) is 4.39 Å². The molecule has 2 radical (unpaired) electrons. The Bertz CT molecular complexity index is 1490. The van der Waals surface area contributed by atoms with E-state index in [1.165, 1.54) is 24.7 Å². The number of aliphatic hydroxyl groups is 2. The molecule has 3 rings (SSSR count). The predicted molar refractivity (Wildman–Crippen MR) is 150 cm³/mol. The van der Waals surface area contributed by atoms with E-state index in [1.807, 2.05) is 46.8 Å². The second kappa shape index (κ2) is 11.8. The maximum atomic E-state index is 14.6. The van der Waals surface area contributed by atoms with Gasteiger partial charge in [0.25, 0.3) is 5.91 Å². The Morgan fingerprint density at radius 3 is 2.40 bits per heavy atom. The molecule has 0 aliphatic carbocycles. The van der Waals surface area contributed by atoms with Crippen molar-refractivity contribution >= 4 is 36.8 Å². The zero-order valence-corrected chi connectivity index (χ0v) is 22.9. The highest BCUT2D eigenvalue weighted by molar-refractivity contribution is 6.15. The minimum Gasteiger partial charge on any atom is -0.456 e. The van der Waals surface area contributed by atoms with Crippen molar-refractivity contribution in [2.45, 2.75) is 52.4 Å². The van der Waals surface area contributed by atoms with Crippen LogP contribution in [0.15, 0.2) is 53.4 Å². The molecule has 1 aromatic heterocycles. The summed E-state index contributed by atoms with van der Waals surface area (Å²) in [6, 6.07) is 7.38. The second-order valence-electron chi connectivity index (χ2n) is 10.3. The minimum atomic E-state index is -3.03. The van der Waals surface area contributed by atoms with Gasteiger partial charge in [-0.3, -0.25) is 19.6 Å². The number of rotatable bonds is 8. The maximum absolute atomic E-state index is 14.6. The maximum Gasteiger partial charge on any atom is 0.257 e. The van der Waals surface area contributed by atoms with Gasteiger partial charge in [-0.05, 0) is 63.4 Å². The number of carbonyl (C=O) groups is 2. The summed E-state index contributed by atoms with van der Waals surface area (Å²) in [5, 5.41) is 23.2. The third-order valence-corrected chi connectivity index (χ3v) is 5.48. The van der Waals surface area contributed by atoms with Crippen LogP contribution in [-0.4, -0.2) is 52.4 Å². The van der Waals surface area contributed by atoms with Crippen LogP contribution in [0.2, 0.25) is 0 Å². The number of nitrogens with zero attached hydrogens (tertiary/aromatic N) is 2. The van der Waals surface area contributed by atoms with E-state index < -0.39 is 23.1 Å². The van der Waals surface area contributed by atoms with Gasteiger partial charge >= 0.3 is 0 Å². The van der Waals surface area contributed by atoms with Gasteiger partial charge in [0.2, 0.25) is 5.91 Å². The fourth-order valence-electron chi connectivity index (χ4n) is 3.82. The van der Waals surface area contributed by atoms with Crippen molar-refractivity contribution in [2.24, 2.45) is 10.7 Å². The Morgan fingerprint density at radius 1 is 1.18 bits per heavy atom. The first-order chi connectivity index (χ1) is 18.6. The Morgan fingerprint density at radius 2 is 1.82 bits per heavy atom. The fourth-order valence-corrected chi connectivity index (χ4v) is 3.82. The minimum absolute atomic E-state index is 0.0803. The average Bonchev–Trinajstić information content (AvgIpc) is 2.81. The van der Waals surface area contributed by atoms with Gasteiger partial charge in [0.1, 0.15) is 17.3 Å². The molecular formula is C28H31BFN5O5. The molecule has 2 aromatic carbocycles. The number of aliphatic imine (C=N–C) groups is 1. The Balaban J connectivity index is 1.86. The van der Waals surface area contributed by atoms with Gasteiger partial charge < -0.3 is 31.3 Å². The van der Waals surface area contributed by atoms with E-state index in [4.69, 9.17) is 18.3 Å². The van der Waals surface area contributed by atoms with Crippen LogP contribution in [-0.2, 0) is 11.2 Å². The molecule has 0 atom stereocenters. The highest BCUT2D eigenvalue weighted by Gasteiger charge is 2.23. The first kappa shape index (κ1) is 30.3. The normalized spacial score (nSPS) is 12.6. The zero-order valence-electron chi connectivity index (χ0n) is 22.9. The van der Waals surface area contributed by atoms with Crippen LogP contribution < -0.4 is 21.1 Å². The lowest BCUT2D eigenvalue weighted by molar-refractivity contribution is -0.119. The zero-order chi connectivity index (χ0) is 29.8. The Labute approximate surface area is 232 Å². The molecule has 10 nitrogen and oxygen atoms in total. The average molecular weight is 547 g/mol. The molecule has 0 aliphatic rings. The number of nitrogens with one attached hydrogen (secondary N) is 2. The van der Waals surface area contributed by atoms with Crippen LogP contribution in [0.25, 0.3) is 10.9 Å². The molecule has 0 spiro atoms. The summed E-state index contributed by atoms with van der Waals surface area (Å²) >= 11 is 0. The van der Waals surface area contributed by atoms with Crippen molar-refractivity contribution in [1.82, 2.24) is 15.6 Å². The van der Waals surface area contributed by atoms with E-state index in [0.717, 1.165) is 22.8 Å². The number of aromatic nitrogens is 1. The number of pyridine rings is 1. The van der Waals surface area contributed by atoms with Crippen molar-refractivity contribution < 1.29 is 28.9 Å². The van der Waals surface area contributed by atoms with Crippen molar-refractivity contribution in [3.8, 4) is 11.5 Å². The van der Waals surface area contributed by atoms with Crippen LogP contribution in [0.5, 0.6) is 11.5 Å². The van der Waals surface area contributed by atoms with E-state index in [2.05, 4.69) is 15.3 Å². The topological polar surface area (TPSA) is 159 Å². The van der Waals surface area contributed by atoms with Gasteiger partial charge in [-0.1, -0.05) is 12.1 Å². The highest BCUT2D eigenvalue weighted by Crippen LogP contribution is 2.34. The molecule has 3 aromatic rings. The molecule has 208 valence electrons. The first-order valence-electron chi connectivity index (χ1n) is 12.3. The van der Waals surface area contributed by atoms with Gasteiger partial charge in [0, 0.05) is 30.1 Å².